The van der Waals surface area contributed by atoms with Gasteiger partial charge in [-0.05, 0) is 19.1 Å². The first kappa shape index (κ1) is 12.8. The van der Waals surface area contributed by atoms with Crippen molar-refractivity contribution in [3.05, 3.63) is 35.2 Å². The first-order chi connectivity index (χ1) is 9.63. The number of carbonyl (C=O) groups excluding carboxylic acids is 1. The molecule has 1 aromatic carbocycles. The van der Waals surface area contributed by atoms with Crippen molar-refractivity contribution in [1.82, 2.24) is 9.55 Å². The number of imidazole rings is 1. The third kappa shape index (κ3) is 1.80. The van der Waals surface area contributed by atoms with Crippen molar-refractivity contribution in [2.45, 2.75) is 6.92 Å². The van der Waals surface area contributed by atoms with E-state index in [9.17, 15) is 4.79 Å². The number of nitrogens with zero attached hydrogens (tertiary/aromatic N) is 3. The van der Waals surface area contributed by atoms with E-state index in [1.807, 2.05) is 12.1 Å². The smallest absolute Gasteiger partial charge is 0.360 e. The van der Waals surface area contributed by atoms with E-state index >= 15 is 0 Å². The molecule has 0 saturated carbocycles. The van der Waals surface area contributed by atoms with Gasteiger partial charge in [-0.1, -0.05) is 17.7 Å². The molecule has 20 heavy (non-hydrogen) atoms. The van der Waals surface area contributed by atoms with Crippen LogP contribution in [0.4, 0.5) is 5.82 Å². The lowest BCUT2D eigenvalue weighted by atomic mass is 10.2. The van der Waals surface area contributed by atoms with Gasteiger partial charge in [0.1, 0.15) is 6.33 Å². The molecule has 0 atom stereocenters. The standard InChI is InChI=1S/C13H12ClN3O3/c1-3-19-13(18)10-12-16(2)20-11-8(14)5-4-6-9(11)17(12)7-15-10/h4-7H,3H2,1-2H3. The van der Waals surface area contributed by atoms with Crippen LogP contribution >= 0.6 is 11.6 Å². The Morgan fingerprint density at radius 3 is 3.05 bits per heavy atom. The molecule has 0 N–H and O–H groups in total. The second kappa shape index (κ2) is 4.72. The molecule has 2 heterocycles. The van der Waals surface area contributed by atoms with Gasteiger partial charge < -0.3 is 9.57 Å². The molecule has 6 nitrogen and oxygen atoms in total. The molecule has 3 rings (SSSR count). The summed E-state index contributed by atoms with van der Waals surface area (Å²) in [6, 6.07) is 5.39. The lowest BCUT2D eigenvalue weighted by molar-refractivity contribution is 0.0519. The predicted molar refractivity (Wildman–Crippen MR) is 73.6 cm³/mol. The van der Waals surface area contributed by atoms with Crippen LogP contribution in [0.25, 0.3) is 5.69 Å². The molecular formula is C13H12ClN3O3. The molecule has 1 aromatic heterocycles. The van der Waals surface area contributed by atoms with E-state index in [2.05, 4.69) is 4.98 Å². The SMILES string of the molecule is CCOC(=O)c1ncn2c1N(C)Oc1c(Cl)cccc1-2. The Labute approximate surface area is 120 Å². The second-order valence-electron chi connectivity index (χ2n) is 4.18. The van der Waals surface area contributed by atoms with Crippen LogP contribution in [0, 0.1) is 0 Å². The third-order valence-corrected chi connectivity index (χ3v) is 3.24. The highest BCUT2D eigenvalue weighted by molar-refractivity contribution is 6.32. The fourth-order valence-electron chi connectivity index (χ4n) is 2.12. The van der Waals surface area contributed by atoms with E-state index in [1.165, 1.54) is 5.06 Å². The van der Waals surface area contributed by atoms with Gasteiger partial charge >= 0.3 is 5.97 Å². The van der Waals surface area contributed by atoms with Crippen molar-refractivity contribution in [2.24, 2.45) is 0 Å². The normalized spacial score (nSPS) is 12.4. The van der Waals surface area contributed by atoms with Crippen LogP contribution in [-0.4, -0.2) is 29.2 Å². The zero-order valence-corrected chi connectivity index (χ0v) is 11.7. The number of halogens is 1. The van der Waals surface area contributed by atoms with Gasteiger partial charge in [-0.25, -0.2) is 9.78 Å². The zero-order valence-electron chi connectivity index (χ0n) is 11.0. The molecule has 2 aromatic rings. The first-order valence-electron chi connectivity index (χ1n) is 6.08. The predicted octanol–water partition coefficient (Wildman–Crippen LogP) is 2.45. The summed E-state index contributed by atoms with van der Waals surface area (Å²) in [6.07, 6.45) is 1.55. The summed E-state index contributed by atoms with van der Waals surface area (Å²) in [7, 11) is 1.68. The fraction of sp³-hybridized carbons (Fsp3) is 0.231. The molecule has 0 fully saturated rings. The van der Waals surface area contributed by atoms with Gasteiger partial charge in [-0.3, -0.25) is 4.57 Å². The van der Waals surface area contributed by atoms with Crippen molar-refractivity contribution >= 4 is 23.4 Å². The van der Waals surface area contributed by atoms with E-state index in [4.69, 9.17) is 21.2 Å². The van der Waals surface area contributed by atoms with Crippen molar-refractivity contribution < 1.29 is 14.4 Å². The molecule has 0 amide bonds. The number of aromatic nitrogens is 2. The summed E-state index contributed by atoms with van der Waals surface area (Å²) in [6.45, 7) is 2.04. The molecule has 1 aliphatic rings. The number of hydroxylamine groups is 1. The summed E-state index contributed by atoms with van der Waals surface area (Å²) in [4.78, 5) is 21.7. The largest absolute Gasteiger partial charge is 0.461 e. The number of carbonyl (C=O) groups is 1. The monoisotopic (exact) mass is 293 g/mol. The number of ether oxygens (including phenoxy) is 1. The summed E-state index contributed by atoms with van der Waals surface area (Å²) >= 11 is 6.12. The number of anilines is 1. The van der Waals surface area contributed by atoms with Gasteiger partial charge in [0.15, 0.2) is 17.3 Å². The van der Waals surface area contributed by atoms with E-state index in [0.29, 0.717) is 16.6 Å². The van der Waals surface area contributed by atoms with Gasteiger partial charge in [-0.2, -0.15) is 5.06 Å². The average Bonchev–Trinajstić information content (AvgIpc) is 2.86. The molecule has 0 aliphatic carbocycles. The molecule has 7 heteroatoms. The van der Waals surface area contributed by atoms with E-state index in [1.54, 1.807) is 30.9 Å². The number of benzene rings is 1. The van der Waals surface area contributed by atoms with Crippen molar-refractivity contribution in [1.29, 1.82) is 0 Å². The Hall–Kier alpha value is -2.21. The van der Waals surface area contributed by atoms with Crippen LogP contribution in [-0.2, 0) is 4.74 Å². The number of fused-ring (bicyclic) bond motifs is 3. The van der Waals surface area contributed by atoms with Crippen molar-refractivity contribution in [2.75, 3.05) is 18.7 Å². The Kier molecular flexibility index (Phi) is 3.02. The zero-order chi connectivity index (χ0) is 14.3. The van der Waals surface area contributed by atoms with Crippen LogP contribution in [0.1, 0.15) is 17.4 Å². The third-order valence-electron chi connectivity index (χ3n) is 2.94. The van der Waals surface area contributed by atoms with Crippen LogP contribution < -0.4 is 9.90 Å². The van der Waals surface area contributed by atoms with Gasteiger partial charge in [-0.15, -0.1) is 0 Å². The number of hydrogen-bond donors (Lipinski definition) is 0. The summed E-state index contributed by atoms with van der Waals surface area (Å²) < 4.78 is 6.74. The number of rotatable bonds is 2. The molecule has 0 unspecified atom stereocenters. The Morgan fingerprint density at radius 1 is 1.50 bits per heavy atom. The Balaban J connectivity index is 2.16. The minimum atomic E-state index is -0.484. The summed E-state index contributed by atoms with van der Waals surface area (Å²) in [5, 5.41) is 1.94. The fourth-order valence-corrected chi connectivity index (χ4v) is 2.32. The van der Waals surface area contributed by atoms with Gasteiger partial charge in [0.25, 0.3) is 0 Å². The lowest BCUT2D eigenvalue weighted by Gasteiger charge is -2.28. The highest BCUT2D eigenvalue weighted by atomic mass is 35.5. The quantitative estimate of drug-likeness (QED) is 0.796. The van der Waals surface area contributed by atoms with Crippen molar-refractivity contribution in [3.8, 4) is 11.4 Å². The van der Waals surface area contributed by atoms with Crippen LogP contribution in [0.2, 0.25) is 5.02 Å². The molecular weight excluding hydrogens is 282 g/mol. The number of esters is 1. The lowest BCUT2D eigenvalue weighted by Crippen LogP contribution is -2.30. The minimum Gasteiger partial charge on any atom is -0.461 e. The second-order valence-corrected chi connectivity index (χ2v) is 4.59. The highest BCUT2D eigenvalue weighted by Gasteiger charge is 2.30. The molecule has 1 aliphatic heterocycles. The minimum absolute atomic E-state index is 0.208. The van der Waals surface area contributed by atoms with Gasteiger partial charge in [0.05, 0.1) is 17.3 Å². The summed E-state index contributed by atoms with van der Waals surface area (Å²) in [5.74, 6) is 0.553. The van der Waals surface area contributed by atoms with E-state index in [-0.39, 0.29) is 12.3 Å². The maximum absolute atomic E-state index is 11.9. The van der Waals surface area contributed by atoms with Gasteiger partial charge in [0.2, 0.25) is 0 Å². The van der Waals surface area contributed by atoms with Gasteiger partial charge in [0, 0.05) is 7.05 Å². The Bertz CT molecular complexity index is 683. The maximum atomic E-state index is 11.9. The average molecular weight is 294 g/mol. The van der Waals surface area contributed by atoms with Crippen LogP contribution in [0.3, 0.4) is 0 Å². The Morgan fingerprint density at radius 2 is 2.30 bits per heavy atom. The molecule has 0 bridgehead atoms. The molecule has 0 saturated heterocycles. The van der Waals surface area contributed by atoms with E-state index in [0.717, 1.165) is 5.69 Å². The summed E-state index contributed by atoms with van der Waals surface area (Å²) in [5.41, 5.74) is 0.939. The molecule has 0 spiro atoms. The van der Waals surface area contributed by atoms with Crippen LogP contribution in [0.15, 0.2) is 24.5 Å². The molecule has 0 radical (unpaired) electrons. The first-order valence-corrected chi connectivity index (χ1v) is 6.46. The maximum Gasteiger partial charge on any atom is 0.360 e. The highest BCUT2D eigenvalue weighted by Crippen LogP contribution is 2.39. The topological polar surface area (TPSA) is 56.6 Å². The van der Waals surface area contributed by atoms with Crippen molar-refractivity contribution in [3.63, 3.8) is 0 Å². The molecule has 104 valence electrons. The van der Waals surface area contributed by atoms with Crippen LogP contribution in [0.5, 0.6) is 5.75 Å². The number of para-hydroxylation sites is 1. The number of hydrogen-bond acceptors (Lipinski definition) is 5. The van der Waals surface area contributed by atoms with E-state index < -0.39 is 5.97 Å².